The van der Waals surface area contributed by atoms with Gasteiger partial charge in [-0.25, -0.2) is 29.7 Å². The summed E-state index contributed by atoms with van der Waals surface area (Å²) in [5.41, 5.74) is 9.23. The molecule has 0 fully saturated rings. The van der Waals surface area contributed by atoms with Gasteiger partial charge in [0.15, 0.2) is 0 Å². The molecule has 2 aromatic carbocycles. The number of nitrogens with one attached hydrogen (secondary N) is 2. The van der Waals surface area contributed by atoms with Crippen molar-refractivity contribution in [3.63, 3.8) is 0 Å². The van der Waals surface area contributed by atoms with Crippen molar-refractivity contribution in [3.05, 3.63) is 118 Å². The van der Waals surface area contributed by atoms with E-state index in [1.807, 2.05) is 42.3 Å². The zero-order valence-corrected chi connectivity index (χ0v) is 31.5. The number of thioether (sulfide) groups is 2. The number of nitrogens with zero attached hydrogens (tertiary/aromatic N) is 4. The number of hydrogen-bond acceptors (Lipinski definition) is 9. The van der Waals surface area contributed by atoms with E-state index in [0.717, 1.165) is 9.79 Å². The lowest BCUT2D eigenvalue weighted by Gasteiger charge is -2.10. The number of rotatable bonds is 13. The third kappa shape index (κ3) is 8.88. The first-order valence-corrected chi connectivity index (χ1v) is 19.0. The molecule has 53 heavy (non-hydrogen) atoms. The second-order valence-electron chi connectivity index (χ2n) is 11.6. The van der Waals surface area contributed by atoms with Crippen molar-refractivity contribution in [2.45, 2.75) is 29.6 Å². The van der Waals surface area contributed by atoms with Crippen molar-refractivity contribution in [1.29, 1.82) is 0 Å². The maximum atomic E-state index is 14.5. The number of amides is 2. The molecule has 4 aromatic heterocycles. The number of aromatic nitrogens is 4. The lowest BCUT2D eigenvalue weighted by Crippen LogP contribution is -2.26. The molecular weight excluding hydrogens is 723 g/mol. The Labute approximate surface area is 314 Å². The Morgan fingerprint density at radius 1 is 0.755 bits per heavy atom. The number of halogens is 2. The van der Waals surface area contributed by atoms with E-state index in [1.54, 1.807) is 61.3 Å². The summed E-state index contributed by atoms with van der Waals surface area (Å²) in [5.74, 6) is -1.42. The maximum Gasteiger partial charge on any atom is 0.277 e. The number of hydroxylamine groups is 2. The van der Waals surface area contributed by atoms with Crippen molar-refractivity contribution in [3.8, 4) is 0 Å². The first-order valence-electron chi connectivity index (χ1n) is 16.6. The van der Waals surface area contributed by atoms with Gasteiger partial charge in [-0.15, -0.1) is 23.5 Å². The summed E-state index contributed by atoms with van der Waals surface area (Å²) in [4.78, 5) is 45.8. The van der Waals surface area contributed by atoms with E-state index >= 15 is 0 Å². The number of aryl methyl sites for hydroxylation is 2. The Morgan fingerprint density at radius 2 is 1.21 bits per heavy atom. The SMILES string of the molecule is CCONC(=O)c1c(Cc2ccc(SC)cc2F)n(C)c2ncccc12.CSc1ccc(Cc2c(C(=O)NOCCO)c3cccnc3n2C)c(F)c1. The van der Waals surface area contributed by atoms with Gasteiger partial charge in [-0.05, 0) is 79.1 Å². The van der Waals surface area contributed by atoms with Gasteiger partial charge in [-0.3, -0.25) is 19.3 Å². The van der Waals surface area contributed by atoms with Gasteiger partial charge in [0.1, 0.15) is 22.9 Å². The first-order chi connectivity index (χ1) is 25.6. The van der Waals surface area contributed by atoms with Crippen molar-refractivity contribution in [1.82, 2.24) is 30.1 Å². The van der Waals surface area contributed by atoms with Crippen LogP contribution in [0.3, 0.4) is 0 Å². The number of benzene rings is 2. The fourth-order valence-electron chi connectivity index (χ4n) is 5.90. The molecule has 0 atom stereocenters. The normalized spacial score (nSPS) is 11.1. The average Bonchev–Trinajstić information content (AvgIpc) is 3.61. The van der Waals surface area contributed by atoms with Crippen LogP contribution in [0.15, 0.2) is 82.8 Å². The Hall–Kier alpha value is -4.80. The second-order valence-corrected chi connectivity index (χ2v) is 13.4. The van der Waals surface area contributed by atoms with Crippen molar-refractivity contribution < 1.29 is 33.2 Å². The molecule has 0 unspecified atom stereocenters. The van der Waals surface area contributed by atoms with Crippen molar-refractivity contribution in [2.24, 2.45) is 14.1 Å². The van der Waals surface area contributed by atoms with Crippen LogP contribution in [0.1, 0.15) is 50.2 Å². The average molecular weight is 763 g/mol. The molecule has 6 aromatic rings. The van der Waals surface area contributed by atoms with E-state index in [-0.39, 0.29) is 43.6 Å². The number of fused-ring (bicyclic) bond motifs is 2. The van der Waals surface area contributed by atoms with Gasteiger partial charge in [0, 0.05) is 71.3 Å². The summed E-state index contributed by atoms with van der Waals surface area (Å²) < 4.78 is 32.6. The number of carbonyl (C=O) groups is 2. The van der Waals surface area contributed by atoms with Gasteiger partial charge in [-0.1, -0.05) is 12.1 Å². The van der Waals surface area contributed by atoms with E-state index < -0.39 is 5.91 Å². The highest BCUT2D eigenvalue weighted by Crippen LogP contribution is 2.29. The maximum absolute atomic E-state index is 14.5. The molecule has 0 saturated heterocycles. The summed E-state index contributed by atoms with van der Waals surface area (Å²) in [6, 6.07) is 17.4. The molecule has 0 aliphatic carbocycles. The Balaban J connectivity index is 0.000000204. The molecule has 3 N–H and O–H groups in total. The van der Waals surface area contributed by atoms with E-state index in [0.29, 0.717) is 62.3 Å². The fourth-order valence-corrected chi connectivity index (χ4v) is 6.75. The third-order valence-corrected chi connectivity index (χ3v) is 9.94. The summed E-state index contributed by atoms with van der Waals surface area (Å²) in [6.45, 7) is 1.91. The van der Waals surface area contributed by atoms with Crippen LogP contribution in [0.25, 0.3) is 22.1 Å². The fraction of sp³-hybridized carbons (Fsp3) is 0.263. The van der Waals surface area contributed by atoms with Crippen molar-refractivity contribution in [2.75, 3.05) is 32.3 Å². The standard InChI is InChI=1S/C19H20FN3O3S.C19H20FN3O2S/c1-23-16(10-12-5-6-13(27-2)11-15(12)20)17(19(25)22-26-9-8-24)14-4-3-7-21-18(14)23;1-4-25-22-19(24)17-14-6-5-9-21-18(14)23(2)16(17)10-12-7-8-13(26-3)11-15(12)20/h3-7,11,24H,8-10H2,1-2H3,(H,22,25);5-9,11H,4,10H2,1-3H3,(H,22,24). The van der Waals surface area contributed by atoms with Crippen molar-refractivity contribution >= 4 is 57.4 Å². The lowest BCUT2D eigenvalue weighted by molar-refractivity contribution is 0.0168. The molecule has 0 aliphatic rings. The van der Waals surface area contributed by atoms with Gasteiger partial charge in [0.2, 0.25) is 0 Å². The number of carbonyl (C=O) groups excluding carboxylic acids is 2. The van der Waals surface area contributed by atoms with Gasteiger partial charge in [0.05, 0.1) is 30.9 Å². The molecule has 6 rings (SSSR count). The predicted molar refractivity (Wildman–Crippen MR) is 203 cm³/mol. The molecule has 0 radical (unpaired) electrons. The summed E-state index contributed by atoms with van der Waals surface area (Å²) in [7, 11) is 3.63. The number of hydrogen-bond donors (Lipinski definition) is 3. The summed E-state index contributed by atoms with van der Waals surface area (Å²) in [6.07, 6.45) is 7.62. The number of pyridine rings is 2. The van der Waals surface area contributed by atoms with Crippen LogP contribution in [0.4, 0.5) is 8.78 Å². The summed E-state index contributed by atoms with van der Waals surface area (Å²) in [5, 5.41) is 10.2. The highest BCUT2D eigenvalue weighted by molar-refractivity contribution is 7.98. The largest absolute Gasteiger partial charge is 0.394 e. The van der Waals surface area contributed by atoms with E-state index in [4.69, 9.17) is 14.8 Å². The molecule has 278 valence electrons. The third-order valence-electron chi connectivity index (χ3n) is 8.49. The molecular formula is C38H40F2N6O5S2. The number of aliphatic hydroxyl groups excluding tert-OH is 1. The molecule has 15 heteroatoms. The van der Waals surface area contributed by atoms with Gasteiger partial charge in [-0.2, -0.15) is 0 Å². The topological polar surface area (TPSA) is 133 Å². The van der Waals surface area contributed by atoms with Crippen LogP contribution >= 0.6 is 23.5 Å². The van der Waals surface area contributed by atoms with Gasteiger partial charge < -0.3 is 14.2 Å². The molecule has 0 saturated carbocycles. The minimum atomic E-state index is -0.460. The number of aliphatic hydroxyl groups is 1. The zero-order valence-electron chi connectivity index (χ0n) is 29.9. The van der Waals surface area contributed by atoms with E-state index in [1.165, 1.54) is 35.7 Å². The van der Waals surface area contributed by atoms with Crippen LogP contribution in [0, 0.1) is 11.6 Å². The first kappa shape index (κ1) is 39.4. The van der Waals surface area contributed by atoms with Crippen LogP contribution in [-0.4, -0.2) is 68.4 Å². The molecule has 11 nitrogen and oxygen atoms in total. The predicted octanol–water partition coefficient (Wildman–Crippen LogP) is 6.39. The highest BCUT2D eigenvalue weighted by Gasteiger charge is 2.24. The lowest BCUT2D eigenvalue weighted by atomic mass is 10.0. The summed E-state index contributed by atoms with van der Waals surface area (Å²) >= 11 is 2.95. The Morgan fingerprint density at radius 3 is 1.60 bits per heavy atom. The minimum Gasteiger partial charge on any atom is -0.394 e. The smallest absolute Gasteiger partial charge is 0.277 e. The van der Waals surface area contributed by atoms with Crippen LogP contribution in [0.5, 0.6) is 0 Å². The molecule has 4 heterocycles. The Kier molecular flexibility index (Phi) is 13.6. The highest BCUT2D eigenvalue weighted by atomic mass is 32.2. The van der Waals surface area contributed by atoms with Crippen LogP contribution in [-0.2, 0) is 36.6 Å². The van der Waals surface area contributed by atoms with E-state index in [9.17, 15) is 18.4 Å². The Bertz CT molecular complexity index is 2240. The minimum absolute atomic E-state index is 0.0190. The quantitative estimate of drug-likeness (QED) is 0.0697. The van der Waals surface area contributed by atoms with E-state index in [2.05, 4.69) is 20.9 Å². The van der Waals surface area contributed by atoms with Gasteiger partial charge in [0.25, 0.3) is 11.8 Å². The molecule has 0 spiro atoms. The van der Waals surface area contributed by atoms with Crippen LogP contribution < -0.4 is 11.0 Å². The second kappa shape index (κ2) is 18.3. The molecule has 2 amide bonds. The van der Waals surface area contributed by atoms with Crippen LogP contribution in [0.2, 0.25) is 0 Å². The monoisotopic (exact) mass is 762 g/mol. The zero-order chi connectivity index (χ0) is 38.1. The van der Waals surface area contributed by atoms with Gasteiger partial charge >= 0.3 is 0 Å². The molecule has 0 bridgehead atoms. The molecule has 0 aliphatic heterocycles.